The molecule has 0 aliphatic carbocycles. The number of aliphatic hydroxyl groups excluding tert-OH is 1. The molecule has 1 aromatic carbocycles. The Labute approximate surface area is 174 Å². The maximum atomic E-state index is 12.3. The Morgan fingerprint density at radius 1 is 1.28 bits per heavy atom. The lowest BCUT2D eigenvalue weighted by molar-refractivity contribution is -0.123. The molecule has 1 unspecified atom stereocenters. The molecule has 2 aromatic heterocycles. The van der Waals surface area contributed by atoms with Gasteiger partial charge in [0.15, 0.2) is 5.65 Å². The van der Waals surface area contributed by atoms with Gasteiger partial charge in [-0.15, -0.1) is 5.10 Å². The molecule has 29 heavy (non-hydrogen) atoms. The van der Waals surface area contributed by atoms with E-state index in [2.05, 4.69) is 20.3 Å². The van der Waals surface area contributed by atoms with Gasteiger partial charge >= 0.3 is 0 Å². The number of aromatic nitrogens is 3. The van der Waals surface area contributed by atoms with Gasteiger partial charge in [0.1, 0.15) is 5.82 Å². The summed E-state index contributed by atoms with van der Waals surface area (Å²) in [6, 6.07) is 9.28. The highest BCUT2D eigenvalue weighted by molar-refractivity contribution is 6.33. The highest BCUT2D eigenvalue weighted by Crippen LogP contribution is 2.30. The predicted molar refractivity (Wildman–Crippen MR) is 114 cm³/mol. The van der Waals surface area contributed by atoms with Crippen LogP contribution < -0.4 is 10.2 Å². The Morgan fingerprint density at radius 3 is 2.76 bits per heavy atom. The Balaban J connectivity index is 1.64. The van der Waals surface area contributed by atoms with E-state index in [0.717, 1.165) is 35.7 Å². The molecule has 4 rings (SSSR count). The van der Waals surface area contributed by atoms with Crippen molar-refractivity contribution in [1.29, 1.82) is 0 Å². The monoisotopic (exact) mass is 413 g/mol. The number of β-amino-alcohol motifs (C(OH)–C–C–N with tert-alkyl or cyclic N) is 1. The summed E-state index contributed by atoms with van der Waals surface area (Å²) in [6.45, 7) is 6.93. The van der Waals surface area contributed by atoms with Crippen LogP contribution in [0.2, 0.25) is 5.02 Å². The van der Waals surface area contributed by atoms with Crippen molar-refractivity contribution in [3.63, 3.8) is 0 Å². The van der Waals surface area contributed by atoms with Gasteiger partial charge in [-0.05, 0) is 30.7 Å². The lowest BCUT2D eigenvalue weighted by Gasteiger charge is -2.18. The molecular weight excluding hydrogens is 390 g/mol. The molecule has 0 radical (unpaired) electrons. The number of halogens is 1. The van der Waals surface area contributed by atoms with E-state index >= 15 is 0 Å². The lowest BCUT2D eigenvalue weighted by Crippen LogP contribution is -2.27. The maximum Gasteiger partial charge on any atom is 0.229 e. The summed E-state index contributed by atoms with van der Waals surface area (Å²) >= 11 is 6.28. The second-order valence-electron chi connectivity index (χ2n) is 8.41. The fraction of sp³-hybridized carbons (Fsp3) is 0.381. The second kappa shape index (κ2) is 7.31. The lowest BCUT2D eigenvalue weighted by atomic mass is 9.95. The van der Waals surface area contributed by atoms with Crippen molar-refractivity contribution in [1.82, 2.24) is 14.6 Å². The smallest absolute Gasteiger partial charge is 0.229 e. The number of carbonyl (C=O) groups is 1. The van der Waals surface area contributed by atoms with Crippen LogP contribution >= 0.6 is 11.6 Å². The number of fused-ring (bicyclic) bond motifs is 1. The summed E-state index contributed by atoms with van der Waals surface area (Å²) in [7, 11) is 0. The van der Waals surface area contributed by atoms with Gasteiger partial charge in [0.2, 0.25) is 5.91 Å². The topological polar surface area (TPSA) is 82.8 Å². The number of rotatable bonds is 3. The molecule has 2 N–H and O–H groups in total. The van der Waals surface area contributed by atoms with Gasteiger partial charge in [-0.2, -0.15) is 0 Å². The van der Waals surface area contributed by atoms with E-state index in [4.69, 9.17) is 11.6 Å². The number of aliphatic hydroxyl groups is 1. The molecule has 1 atom stereocenters. The van der Waals surface area contributed by atoms with Crippen LogP contribution in [-0.2, 0) is 4.79 Å². The van der Waals surface area contributed by atoms with E-state index in [1.165, 1.54) is 0 Å². The number of imidazole rings is 1. The first-order valence-electron chi connectivity index (χ1n) is 9.61. The molecule has 1 saturated heterocycles. The zero-order valence-electron chi connectivity index (χ0n) is 16.7. The molecule has 1 amide bonds. The minimum atomic E-state index is -0.522. The van der Waals surface area contributed by atoms with Crippen LogP contribution in [0, 0.1) is 5.41 Å². The molecule has 1 aliphatic heterocycles. The standard InChI is InChI=1S/C21H24ClN5O2/c1-21(2,3)20(29)24-16-10-13(4-5-15(16)22)17-12-27-18(23-17)6-7-19(25-27)26-9-8-14(28)11-26/h4-7,10,12,14,28H,8-9,11H2,1-3H3,(H,24,29). The summed E-state index contributed by atoms with van der Waals surface area (Å²) in [5.74, 6) is 0.706. The largest absolute Gasteiger partial charge is 0.391 e. The van der Waals surface area contributed by atoms with E-state index in [1.807, 2.05) is 51.2 Å². The van der Waals surface area contributed by atoms with Crippen molar-refractivity contribution < 1.29 is 9.90 Å². The third-order valence-electron chi connectivity index (χ3n) is 4.98. The SMILES string of the molecule is CC(C)(C)C(=O)Nc1cc(-c2cn3nc(N4CCC(O)C4)ccc3n2)ccc1Cl. The number of hydrogen-bond donors (Lipinski definition) is 2. The van der Waals surface area contributed by atoms with Crippen molar-refractivity contribution in [3.8, 4) is 11.3 Å². The zero-order valence-corrected chi connectivity index (χ0v) is 17.4. The summed E-state index contributed by atoms with van der Waals surface area (Å²) in [5.41, 5.74) is 2.33. The summed E-state index contributed by atoms with van der Waals surface area (Å²) in [4.78, 5) is 19.0. The van der Waals surface area contributed by atoms with E-state index in [9.17, 15) is 9.90 Å². The number of nitrogens with zero attached hydrogens (tertiary/aromatic N) is 4. The average molecular weight is 414 g/mol. The van der Waals surface area contributed by atoms with Crippen molar-refractivity contribution in [2.24, 2.45) is 5.41 Å². The van der Waals surface area contributed by atoms with Crippen molar-refractivity contribution in [2.45, 2.75) is 33.3 Å². The van der Waals surface area contributed by atoms with Gasteiger partial charge in [-0.1, -0.05) is 38.4 Å². The predicted octanol–water partition coefficient (Wildman–Crippen LogP) is 3.61. The number of nitrogens with one attached hydrogen (secondary N) is 1. The van der Waals surface area contributed by atoms with Crippen LogP contribution in [0.25, 0.3) is 16.9 Å². The molecule has 3 heterocycles. The van der Waals surface area contributed by atoms with Crippen LogP contribution in [0.4, 0.5) is 11.5 Å². The molecule has 3 aromatic rings. The summed E-state index contributed by atoms with van der Waals surface area (Å²) in [6.07, 6.45) is 2.30. The highest BCUT2D eigenvalue weighted by atomic mass is 35.5. The normalized spacial score (nSPS) is 17.1. The molecule has 152 valence electrons. The highest BCUT2D eigenvalue weighted by Gasteiger charge is 2.23. The van der Waals surface area contributed by atoms with Gasteiger partial charge in [-0.3, -0.25) is 4.79 Å². The van der Waals surface area contributed by atoms with E-state index < -0.39 is 5.41 Å². The number of carbonyl (C=O) groups excluding carboxylic acids is 1. The average Bonchev–Trinajstić information content (AvgIpc) is 3.28. The van der Waals surface area contributed by atoms with Gasteiger partial charge in [0.25, 0.3) is 0 Å². The Bertz CT molecular complexity index is 1070. The first kappa shape index (κ1) is 19.7. The molecule has 0 saturated carbocycles. The summed E-state index contributed by atoms with van der Waals surface area (Å²) in [5, 5.41) is 17.8. The molecule has 0 bridgehead atoms. The fourth-order valence-electron chi connectivity index (χ4n) is 3.22. The van der Waals surface area contributed by atoms with Crippen molar-refractivity contribution in [2.75, 3.05) is 23.3 Å². The first-order valence-corrected chi connectivity index (χ1v) is 9.99. The van der Waals surface area contributed by atoms with E-state index in [1.54, 1.807) is 10.6 Å². The third-order valence-corrected chi connectivity index (χ3v) is 5.31. The van der Waals surface area contributed by atoms with Crippen LogP contribution in [0.15, 0.2) is 36.5 Å². The summed E-state index contributed by atoms with van der Waals surface area (Å²) < 4.78 is 1.73. The van der Waals surface area contributed by atoms with E-state index in [0.29, 0.717) is 17.3 Å². The number of hydrogen-bond acceptors (Lipinski definition) is 5. The number of anilines is 2. The molecule has 1 aliphatic rings. The minimum absolute atomic E-state index is 0.106. The van der Waals surface area contributed by atoms with Gasteiger partial charge in [-0.25, -0.2) is 9.50 Å². The zero-order chi connectivity index (χ0) is 20.8. The van der Waals surface area contributed by atoms with Gasteiger partial charge < -0.3 is 15.3 Å². The molecular formula is C21H24ClN5O2. The Morgan fingerprint density at radius 2 is 2.07 bits per heavy atom. The minimum Gasteiger partial charge on any atom is -0.391 e. The number of benzene rings is 1. The fourth-order valence-corrected chi connectivity index (χ4v) is 3.38. The van der Waals surface area contributed by atoms with Crippen molar-refractivity contribution in [3.05, 3.63) is 41.6 Å². The molecule has 0 spiro atoms. The Kier molecular flexibility index (Phi) is 4.96. The quantitative estimate of drug-likeness (QED) is 0.685. The molecule has 8 heteroatoms. The Hall–Kier alpha value is -2.64. The van der Waals surface area contributed by atoms with Crippen LogP contribution in [0.3, 0.4) is 0 Å². The van der Waals surface area contributed by atoms with E-state index in [-0.39, 0.29) is 12.0 Å². The van der Waals surface area contributed by atoms with Crippen LogP contribution in [0.5, 0.6) is 0 Å². The number of amides is 1. The molecule has 1 fully saturated rings. The maximum absolute atomic E-state index is 12.3. The van der Waals surface area contributed by atoms with Gasteiger partial charge in [0.05, 0.1) is 28.7 Å². The van der Waals surface area contributed by atoms with Gasteiger partial charge in [0, 0.05) is 24.1 Å². The van der Waals surface area contributed by atoms with Crippen LogP contribution in [0.1, 0.15) is 27.2 Å². The van der Waals surface area contributed by atoms with Crippen molar-refractivity contribution >= 4 is 34.7 Å². The first-order chi connectivity index (χ1) is 13.7. The second-order valence-corrected chi connectivity index (χ2v) is 8.81. The molecule has 7 nitrogen and oxygen atoms in total. The van der Waals surface area contributed by atoms with Crippen LogP contribution in [-0.4, -0.2) is 44.8 Å². The third kappa shape index (κ3) is 4.06.